The Bertz CT molecular complexity index is 4170. The fourth-order valence-corrected chi connectivity index (χ4v) is 11.2. The Kier molecular flexibility index (Phi) is 25.0. The lowest BCUT2D eigenvalue weighted by molar-refractivity contribution is -0.151. The standard InChI is InChI=1S/C30H25ClF2N6O4.C28H23ClF2N6O3.2CH4.4H2S/c1-16-37-26-13-36-25-12-23(32)20(19-5-4-18(10-22(19)31)43-30-34-7-3-8-35-30)11-21(25)29(26)39(16)27-6-9-38(14-24(27)33)28(41)15-42-17(2)40;1-15-35-24-12-34-23-11-21(30)18(17-4-3-16(9-20(17)29)40-28-32-6-2-7-33-28)10-19(23)27(24)37(15)25-5-8-36(13-22(25)31)26(39)14-38;;;;;;/h3-5,7-8,10-13,24,27H,6,9,14-15H2,1-2H3;2-4,6-7,9-12,22,25,38H,5,8,13-14H2,1H3;2*1H4;4*1H2/t24-,27-;22-,25-;;;;;;/m00....../s1. The second-order valence-electron chi connectivity index (χ2n) is 19.7. The van der Waals surface area contributed by atoms with Crippen LogP contribution in [0.25, 0.3) is 66.1 Å². The number of rotatable bonds is 11. The second-order valence-corrected chi connectivity index (χ2v) is 20.5. The van der Waals surface area contributed by atoms with Gasteiger partial charge >= 0.3 is 18.0 Å². The number of amides is 2. The quantitative estimate of drug-likeness (QED) is 0.0940. The summed E-state index contributed by atoms with van der Waals surface area (Å²) in [5, 5.41) is 10.8. The lowest BCUT2D eigenvalue weighted by atomic mass is 10.00. The third-order valence-corrected chi connectivity index (χ3v) is 15.1. The first-order valence-corrected chi connectivity index (χ1v) is 26.8. The normalized spacial score (nSPS) is 16.0. The van der Waals surface area contributed by atoms with Gasteiger partial charge in [-0.05, 0) is 75.2 Å². The van der Waals surface area contributed by atoms with Crippen LogP contribution in [-0.2, 0) is 19.1 Å². The fraction of sp³-hybridized carbons (Fsp3) is 0.283. The summed E-state index contributed by atoms with van der Waals surface area (Å²) in [6.07, 6.45) is 7.08. The number of aryl methyl sites for hydroxylation is 2. The Balaban J connectivity index is 0.000000304. The van der Waals surface area contributed by atoms with E-state index in [0.29, 0.717) is 97.5 Å². The number of imidazole rings is 2. The number of aliphatic hydroxyl groups is 1. The van der Waals surface area contributed by atoms with Gasteiger partial charge in [0.2, 0.25) is 5.91 Å². The Morgan fingerprint density at radius 3 is 1.36 bits per heavy atom. The molecule has 2 aliphatic rings. The number of hydrogen-bond donors (Lipinski definition) is 1. The molecule has 472 valence electrons. The summed E-state index contributed by atoms with van der Waals surface area (Å²) in [7, 11) is 0. The highest BCUT2D eigenvalue weighted by atomic mass is 35.5. The van der Waals surface area contributed by atoms with Crippen LogP contribution in [0.4, 0.5) is 17.6 Å². The average molecular weight is 1340 g/mol. The van der Waals surface area contributed by atoms with Crippen molar-refractivity contribution in [3.05, 3.63) is 143 Å². The molecule has 4 atom stereocenters. The van der Waals surface area contributed by atoms with Gasteiger partial charge in [-0.2, -0.15) is 54.0 Å². The monoisotopic (exact) mass is 1340 g/mol. The van der Waals surface area contributed by atoms with Crippen molar-refractivity contribution in [1.29, 1.82) is 0 Å². The number of alkyl halides is 2. The molecule has 0 saturated carbocycles. The van der Waals surface area contributed by atoms with Crippen LogP contribution in [0.3, 0.4) is 0 Å². The number of piperidine rings is 2. The van der Waals surface area contributed by atoms with E-state index < -0.39 is 67.1 Å². The number of hydrogen-bond acceptors (Lipinski definition) is 15. The number of aromatic nitrogens is 10. The maximum absolute atomic E-state index is 15.7. The van der Waals surface area contributed by atoms with Crippen molar-refractivity contribution >= 4 is 139 Å². The van der Waals surface area contributed by atoms with Gasteiger partial charge in [-0.3, -0.25) is 24.4 Å². The van der Waals surface area contributed by atoms with Gasteiger partial charge in [0.25, 0.3) is 5.91 Å². The number of esters is 1. The molecule has 0 bridgehead atoms. The maximum Gasteiger partial charge on any atom is 0.321 e. The van der Waals surface area contributed by atoms with E-state index in [1.54, 1.807) is 110 Å². The molecule has 0 radical (unpaired) electrons. The average Bonchev–Trinajstić information content (AvgIpc) is 1.70. The minimum Gasteiger partial charge on any atom is -0.456 e. The van der Waals surface area contributed by atoms with E-state index >= 15 is 17.6 Å². The predicted octanol–water partition coefficient (Wildman–Crippen LogP) is 12.4. The largest absolute Gasteiger partial charge is 0.456 e. The molecule has 0 aliphatic carbocycles. The summed E-state index contributed by atoms with van der Waals surface area (Å²) in [6, 6.07) is 18.0. The minimum atomic E-state index is -1.43. The van der Waals surface area contributed by atoms with Crippen molar-refractivity contribution < 1.29 is 51.3 Å². The molecule has 4 aromatic carbocycles. The fourth-order valence-electron chi connectivity index (χ4n) is 10.7. The number of likely N-dealkylation sites (tertiary alicyclic amines) is 2. The van der Waals surface area contributed by atoms with E-state index in [0.717, 1.165) is 0 Å². The molecule has 89 heavy (non-hydrogen) atoms. The summed E-state index contributed by atoms with van der Waals surface area (Å²) in [5.74, 6) is -0.697. The van der Waals surface area contributed by atoms with E-state index in [9.17, 15) is 19.5 Å². The molecule has 0 spiro atoms. The highest BCUT2D eigenvalue weighted by Gasteiger charge is 2.37. The second kappa shape index (κ2) is 30.8. The van der Waals surface area contributed by atoms with Crippen LogP contribution in [-0.4, -0.2) is 133 Å². The van der Waals surface area contributed by atoms with Crippen LogP contribution in [0.15, 0.2) is 110 Å². The highest BCUT2D eigenvalue weighted by molar-refractivity contribution is 7.59. The van der Waals surface area contributed by atoms with Crippen LogP contribution in [0.5, 0.6) is 23.5 Å². The topological polar surface area (TPSA) is 219 Å². The Morgan fingerprint density at radius 2 is 0.989 bits per heavy atom. The van der Waals surface area contributed by atoms with Crippen molar-refractivity contribution in [2.75, 3.05) is 39.4 Å². The van der Waals surface area contributed by atoms with Gasteiger partial charge in [0.1, 0.15) is 64.8 Å². The minimum absolute atomic E-state index is 0. The summed E-state index contributed by atoms with van der Waals surface area (Å²) < 4.78 is 81.8. The van der Waals surface area contributed by atoms with E-state index in [1.165, 1.54) is 35.1 Å². The third-order valence-electron chi connectivity index (χ3n) is 14.4. The van der Waals surface area contributed by atoms with Gasteiger partial charge in [0.15, 0.2) is 6.61 Å². The van der Waals surface area contributed by atoms with Crippen molar-refractivity contribution in [3.8, 4) is 45.8 Å². The lowest BCUT2D eigenvalue weighted by Crippen LogP contribution is -2.47. The Morgan fingerprint density at radius 1 is 0.584 bits per heavy atom. The molecule has 29 heteroatoms. The molecule has 0 unspecified atom stereocenters. The number of fused-ring (bicyclic) bond motifs is 6. The van der Waals surface area contributed by atoms with Crippen LogP contribution in [0.2, 0.25) is 10.0 Å². The van der Waals surface area contributed by atoms with Crippen LogP contribution < -0.4 is 9.47 Å². The van der Waals surface area contributed by atoms with Crippen LogP contribution >= 0.6 is 77.2 Å². The SMILES string of the molecule is C.C.CC(=O)OCC(=O)N1CC[C@H](n2c(C)nc3cnc4cc(F)c(-c5ccc(Oc6ncccn6)cc5Cl)cc4c32)[C@@H](F)C1.Cc1nc2cnc3cc(F)c(-c4ccc(Oc5ncccn5)cc4Cl)cc3c2n1[C@H]1CCN(C(=O)CO)C[C@@H]1F.S.S.S.S. The van der Waals surface area contributed by atoms with Gasteiger partial charge < -0.3 is 38.3 Å². The number of carbonyl (C=O) groups excluding carboxylic acids is 3. The Hall–Kier alpha value is -7.53. The van der Waals surface area contributed by atoms with Crippen molar-refractivity contribution in [2.24, 2.45) is 0 Å². The van der Waals surface area contributed by atoms with Gasteiger partial charge in [-0.25, -0.2) is 47.5 Å². The first kappa shape index (κ1) is 72.2. The van der Waals surface area contributed by atoms with E-state index in [4.69, 9.17) is 37.4 Å². The van der Waals surface area contributed by atoms with Crippen molar-refractivity contribution in [2.45, 2.75) is 72.9 Å². The molecule has 19 nitrogen and oxygen atoms in total. The van der Waals surface area contributed by atoms with E-state index in [2.05, 4.69) is 39.9 Å². The molecule has 2 fully saturated rings. The summed E-state index contributed by atoms with van der Waals surface area (Å²) in [4.78, 5) is 72.2. The summed E-state index contributed by atoms with van der Waals surface area (Å²) >= 11 is 13.2. The highest BCUT2D eigenvalue weighted by Crippen LogP contribution is 2.41. The molecular weight excluding hydrogens is 1280 g/mol. The number of benzene rings is 4. The smallest absolute Gasteiger partial charge is 0.321 e. The zero-order valence-electron chi connectivity index (χ0n) is 46.4. The van der Waals surface area contributed by atoms with Gasteiger partial charge in [-0.15, -0.1) is 0 Å². The third kappa shape index (κ3) is 15.0. The zero-order valence-corrected chi connectivity index (χ0v) is 51.9. The molecule has 8 heterocycles. The molecule has 10 aromatic rings. The number of nitrogens with zero attached hydrogens (tertiary/aromatic N) is 12. The first-order chi connectivity index (χ1) is 40.0. The molecule has 2 saturated heterocycles. The number of halogens is 6. The van der Waals surface area contributed by atoms with Gasteiger partial charge in [0, 0.05) is 102 Å². The van der Waals surface area contributed by atoms with Crippen molar-refractivity contribution in [1.82, 2.24) is 58.8 Å². The molecule has 1 N–H and O–H groups in total. The van der Waals surface area contributed by atoms with Crippen LogP contribution in [0.1, 0.15) is 58.4 Å². The first-order valence-electron chi connectivity index (χ1n) is 26.0. The molecule has 2 aliphatic heterocycles. The van der Waals surface area contributed by atoms with E-state index in [-0.39, 0.29) is 122 Å². The lowest BCUT2D eigenvalue weighted by Gasteiger charge is -2.36. The molecule has 6 aromatic heterocycles. The molecule has 12 rings (SSSR count). The van der Waals surface area contributed by atoms with Gasteiger partial charge in [0.05, 0.1) is 69.7 Å². The maximum atomic E-state index is 15.7. The molecule has 2 amide bonds. The summed E-state index contributed by atoms with van der Waals surface area (Å²) in [6.45, 7) is 3.93. The zero-order chi connectivity index (χ0) is 58.2. The van der Waals surface area contributed by atoms with Crippen molar-refractivity contribution in [3.63, 3.8) is 0 Å². The van der Waals surface area contributed by atoms with Gasteiger partial charge in [-0.1, -0.05) is 38.1 Å². The number of carbonyl (C=O) groups is 3. The number of aliphatic hydroxyl groups excluding tert-OH is 1. The van der Waals surface area contributed by atoms with Crippen LogP contribution in [0, 0.1) is 25.5 Å². The Labute approximate surface area is 547 Å². The molecular formula is C60H64Cl2F4N12O7S4. The number of pyridine rings is 2. The van der Waals surface area contributed by atoms with E-state index in [1.807, 2.05) is 4.57 Å². The predicted molar refractivity (Wildman–Crippen MR) is 354 cm³/mol. The number of ether oxygens (including phenoxy) is 3. The summed E-state index contributed by atoms with van der Waals surface area (Å²) in [5.41, 5.74) is 4.37.